The van der Waals surface area contributed by atoms with E-state index in [0.717, 1.165) is 4.90 Å². The number of hydrogen-bond acceptors (Lipinski definition) is 3. The van der Waals surface area contributed by atoms with Crippen molar-refractivity contribution in [1.82, 2.24) is 5.32 Å². The van der Waals surface area contributed by atoms with Crippen molar-refractivity contribution in [3.8, 4) is 0 Å². The van der Waals surface area contributed by atoms with E-state index in [1.807, 2.05) is 38.1 Å². The first kappa shape index (κ1) is 15.9. The van der Waals surface area contributed by atoms with Crippen LogP contribution in [0.1, 0.15) is 25.8 Å². The Labute approximate surface area is 129 Å². The molecule has 0 saturated heterocycles. The van der Waals surface area contributed by atoms with Gasteiger partial charge in [0.2, 0.25) is 5.91 Å². The van der Waals surface area contributed by atoms with Gasteiger partial charge in [0.15, 0.2) is 0 Å². The molecule has 0 bridgehead atoms. The van der Waals surface area contributed by atoms with Crippen molar-refractivity contribution >= 4 is 23.6 Å². The number of aliphatic carboxylic acids is 1. The highest BCUT2D eigenvalue weighted by Gasteiger charge is 2.29. The van der Waals surface area contributed by atoms with Crippen molar-refractivity contribution < 1.29 is 14.7 Å². The largest absolute Gasteiger partial charge is 0.481 e. The average Bonchev–Trinajstić information content (AvgIpc) is 2.86. The van der Waals surface area contributed by atoms with Crippen LogP contribution in [0.25, 0.3) is 0 Å². The fraction of sp³-hybridized carbons (Fsp3) is 0.500. The van der Waals surface area contributed by atoms with Crippen molar-refractivity contribution in [2.24, 2.45) is 11.8 Å². The van der Waals surface area contributed by atoms with Crippen molar-refractivity contribution in [3.63, 3.8) is 0 Å². The molecule has 21 heavy (non-hydrogen) atoms. The van der Waals surface area contributed by atoms with Crippen LogP contribution in [0.4, 0.5) is 0 Å². The number of amides is 1. The lowest BCUT2D eigenvalue weighted by Crippen LogP contribution is -2.38. The van der Waals surface area contributed by atoms with Crippen LogP contribution in [0.15, 0.2) is 29.2 Å². The van der Waals surface area contributed by atoms with Gasteiger partial charge < -0.3 is 10.4 Å². The Morgan fingerprint density at radius 1 is 1.38 bits per heavy atom. The smallest absolute Gasteiger partial charge is 0.308 e. The molecule has 0 aliphatic carbocycles. The maximum absolute atomic E-state index is 12.2. The van der Waals surface area contributed by atoms with Gasteiger partial charge in [0.05, 0.1) is 11.2 Å². The number of thioether (sulfide) groups is 1. The standard InChI is InChI=1S/C16H21NO3S/c1-10(2)7-12(16(19)20)9-17-15(18)14-8-11-5-3-4-6-13(11)21-14/h3-6,10,12,14H,7-9H2,1-2H3,(H,17,18)(H,19,20). The van der Waals surface area contributed by atoms with Crippen LogP contribution in [-0.2, 0) is 16.0 Å². The lowest BCUT2D eigenvalue weighted by molar-refractivity contribution is -0.142. The first-order valence-electron chi connectivity index (χ1n) is 7.22. The molecular weight excluding hydrogens is 286 g/mol. The van der Waals surface area contributed by atoms with E-state index in [1.54, 1.807) is 11.8 Å². The van der Waals surface area contributed by atoms with Crippen LogP contribution in [0.5, 0.6) is 0 Å². The normalized spacial score (nSPS) is 18.3. The molecule has 1 aromatic rings. The minimum atomic E-state index is -0.841. The van der Waals surface area contributed by atoms with E-state index in [0.29, 0.717) is 18.8 Å². The topological polar surface area (TPSA) is 66.4 Å². The number of nitrogens with one attached hydrogen (secondary N) is 1. The van der Waals surface area contributed by atoms with Gasteiger partial charge >= 0.3 is 5.97 Å². The molecule has 0 fully saturated rings. The Hall–Kier alpha value is -1.49. The maximum atomic E-state index is 12.2. The molecule has 1 aromatic carbocycles. The highest BCUT2D eigenvalue weighted by molar-refractivity contribution is 8.01. The Kier molecular flexibility index (Phi) is 5.28. The number of carboxylic acid groups (broad SMARTS) is 1. The molecule has 4 nitrogen and oxygen atoms in total. The van der Waals surface area contributed by atoms with Gasteiger partial charge in [-0.3, -0.25) is 9.59 Å². The van der Waals surface area contributed by atoms with Crippen molar-refractivity contribution in [2.75, 3.05) is 6.54 Å². The summed E-state index contributed by atoms with van der Waals surface area (Å²) in [5.41, 5.74) is 1.19. The summed E-state index contributed by atoms with van der Waals surface area (Å²) in [6, 6.07) is 8.00. The molecule has 114 valence electrons. The number of carbonyl (C=O) groups is 2. The number of hydrogen-bond donors (Lipinski definition) is 2. The van der Waals surface area contributed by atoms with Crippen molar-refractivity contribution in [2.45, 2.75) is 36.8 Å². The number of rotatable bonds is 6. The van der Waals surface area contributed by atoms with Gasteiger partial charge in [0.1, 0.15) is 0 Å². The SMILES string of the molecule is CC(C)CC(CNC(=O)C1Cc2ccccc2S1)C(=O)O. The Bertz CT molecular complexity index is 505. The summed E-state index contributed by atoms with van der Waals surface area (Å²) in [5, 5.41) is 11.8. The lowest BCUT2D eigenvalue weighted by Gasteiger charge is -2.17. The fourth-order valence-corrected chi connectivity index (χ4v) is 3.73. The zero-order chi connectivity index (χ0) is 15.4. The third-order valence-corrected chi connectivity index (χ3v) is 4.88. The van der Waals surface area contributed by atoms with Crippen molar-refractivity contribution in [1.29, 1.82) is 0 Å². The molecule has 0 radical (unpaired) electrons. The van der Waals surface area contributed by atoms with E-state index >= 15 is 0 Å². The molecule has 1 aliphatic rings. The Morgan fingerprint density at radius 2 is 2.10 bits per heavy atom. The van der Waals surface area contributed by atoms with Crippen LogP contribution >= 0.6 is 11.8 Å². The lowest BCUT2D eigenvalue weighted by atomic mass is 9.97. The van der Waals surface area contributed by atoms with E-state index in [4.69, 9.17) is 0 Å². The average molecular weight is 307 g/mol. The van der Waals surface area contributed by atoms with Gasteiger partial charge in [-0.05, 0) is 30.4 Å². The van der Waals surface area contributed by atoms with Gasteiger partial charge in [-0.15, -0.1) is 11.8 Å². The molecule has 1 amide bonds. The predicted octanol–water partition coefficient (Wildman–Crippen LogP) is 2.57. The van der Waals surface area contributed by atoms with E-state index in [9.17, 15) is 14.7 Å². The number of carboxylic acids is 1. The molecule has 2 N–H and O–H groups in total. The van der Waals surface area contributed by atoms with Crippen LogP contribution in [0.3, 0.4) is 0 Å². The number of fused-ring (bicyclic) bond motifs is 1. The van der Waals surface area contributed by atoms with E-state index in [2.05, 4.69) is 5.32 Å². The van der Waals surface area contributed by atoms with Gasteiger partial charge in [0, 0.05) is 11.4 Å². The zero-order valence-corrected chi connectivity index (χ0v) is 13.2. The van der Waals surface area contributed by atoms with E-state index in [-0.39, 0.29) is 17.7 Å². The third-order valence-electron chi connectivity index (χ3n) is 3.57. The van der Waals surface area contributed by atoms with Crippen LogP contribution in [0, 0.1) is 11.8 Å². The molecule has 2 atom stereocenters. The summed E-state index contributed by atoms with van der Waals surface area (Å²) < 4.78 is 0. The van der Waals surface area contributed by atoms with Gasteiger partial charge in [0.25, 0.3) is 0 Å². The third kappa shape index (κ3) is 4.24. The van der Waals surface area contributed by atoms with Gasteiger partial charge in [-0.25, -0.2) is 0 Å². The fourth-order valence-electron chi connectivity index (χ4n) is 2.51. The number of carbonyl (C=O) groups excluding carboxylic acids is 1. The molecule has 0 spiro atoms. The van der Waals surface area contributed by atoms with Gasteiger partial charge in [-0.1, -0.05) is 32.0 Å². The summed E-state index contributed by atoms with van der Waals surface area (Å²) in [6.07, 6.45) is 1.29. The minimum Gasteiger partial charge on any atom is -0.481 e. The van der Waals surface area contributed by atoms with Crippen LogP contribution in [-0.4, -0.2) is 28.8 Å². The van der Waals surface area contributed by atoms with Crippen LogP contribution in [0.2, 0.25) is 0 Å². The zero-order valence-electron chi connectivity index (χ0n) is 12.3. The predicted molar refractivity (Wildman–Crippen MR) is 83.4 cm³/mol. The first-order valence-corrected chi connectivity index (χ1v) is 8.10. The summed E-state index contributed by atoms with van der Waals surface area (Å²) in [6.45, 7) is 4.18. The second-order valence-corrected chi connectivity index (χ2v) is 7.07. The van der Waals surface area contributed by atoms with Gasteiger partial charge in [-0.2, -0.15) is 0 Å². The summed E-state index contributed by atoms with van der Waals surface area (Å²) in [7, 11) is 0. The molecule has 2 rings (SSSR count). The van der Waals surface area contributed by atoms with E-state index < -0.39 is 11.9 Å². The van der Waals surface area contributed by atoms with E-state index in [1.165, 1.54) is 5.56 Å². The molecule has 1 aliphatic heterocycles. The summed E-state index contributed by atoms with van der Waals surface area (Å²) in [4.78, 5) is 24.5. The Morgan fingerprint density at radius 3 is 2.71 bits per heavy atom. The second-order valence-electron chi connectivity index (χ2n) is 5.83. The summed E-state index contributed by atoms with van der Waals surface area (Å²) >= 11 is 1.56. The molecule has 0 aromatic heterocycles. The van der Waals surface area contributed by atoms with Crippen LogP contribution < -0.4 is 5.32 Å². The molecule has 5 heteroatoms. The molecule has 1 heterocycles. The highest BCUT2D eigenvalue weighted by atomic mass is 32.2. The van der Waals surface area contributed by atoms with Crippen molar-refractivity contribution in [3.05, 3.63) is 29.8 Å². The minimum absolute atomic E-state index is 0.0637. The Balaban J connectivity index is 1.87. The monoisotopic (exact) mass is 307 g/mol. The maximum Gasteiger partial charge on any atom is 0.308 e. The summed E-state index contributed by atoms with van der Waals surface area (Å²) in [5.74, 6) is -1.12. The first-order chi connectivity index (χ1) is 9.97. The molecular formula is C16H21NO3S. The quantitative estimate of drug-likeness (QED) is 0.847. The highest BCUT2D eigenvalue weighted by Crippen LogP contribution is 2.36. The molecule has 2 unspecified atom stereocenters. The second kappa shape index (κ2) is 6.98. The number of benzene rings is 1. The molecule has 0 saturated carbocycles.